The molecule has 1 nitrogen and oxygen atoms in total. The van der Waals surface area contributed by atoms with E-state index in [0.29, 0.717) is 4.32 Å². The molecule has 0 heterocycles. The third-order valence-corrected chi connectivity index (χ3v) is 3.12. The zero-order chi connectivity index (χ0) is 12.8. The lowest BCUT2D eigenvalue weighted by atomic mass is 10.2. The summed E-state index contributed by atoms with van der Waals surface area (Å²) >= 11 is 9.48. The molecule has 0 aliphatic rings. The first-order valence-corrected chi connectivity index (χ1v) is 6.50. The highest BCUT2D eigenvalue weighted by atomic mass is 32.1. The van der Waals surface area contributed by atoms with E-state index >= 15 is 0 Å². The van der Waals surface area contributed by atoms with Crippen LogP contribution in [0.3, 0.4) is 0 Å². The highest BCUT2D eigenvalue weighted by Crippen LogP contribution is 2.11. The van der Waals surface area contributed by atoms with Gasteiger partial charge >= 0.3 is 0 Å². The number of hydrogen-bond donors (Lipinski definition) is 1. The predicted molar refractivity (Wildman–Crippen MR) is 81.4 cm³/mol. The van der Waals surface area contributed by atoms with Gasteiger partial charge in [0, 0.05) is 13.1 Å². The second-order valence-corrected chi connectivity index (χ2v) is 5.08. The fourth-order valence-corrected chi connectivity index (χ4v) is 1.96. The van der Waals surface area contributed by atoms with Crippen LogP contribution in [0, 0.1) is 12.1 Å². The number of thiol groups is 1. The normalized spacial score (nSPS) is 9.61. The monoisotopic (exact) mass is 271 g/mol. The average molecular weight is 271 g/mol. The summed E-state index contributed by atoms with van der Waals surface area (Å²) in [6.45, 7) is 1.50. The van der Waals surface area contributed by atoms with Gasteiger partial charge in [-0.1, -0.05) is 54.7 Å². The molecule has 0 saturated heterocycles. The smallest absolute Gasteiger partial charge is 0.133 e. The Morgan fingerprint density at radius 1 is 1.06 bits per heavy atom. The van der Waals surface area contributed by atoms with E-state index in [9.17, 15) is 0 Å². The fraction of sp³-hybridized carbons (Fsp3) is 0.133. The maximum atomic E-state index is 5.19. The Kier molecular flexibility index (Phi) is 4.63. The molecular formula is C15H13NS2. The summed E-state index contributed by atoms with van der Waals surface area (Å²) in [5, 5.41) is 0. The van der Waals surface area contributed by atoms with Gasteiger partial charge in [0.1, 0.15) is 4.32 Å². The molecule has 0 fully saturated rings. The standard InChI is InChI=1S/C15H13NS2/c17-15(18)16(11-13-7-3-1-4-8-13)12-14-9-5-2-6-10-14/h1,3-5,7-10H,11-12H2,(H,17,18). The van der Waals surface area contributed by atoms with Crippen LogP contribution in [-0.4, -0.2) is 9.22 Å². The molecule has 90 valence electrons. The van der Waals surface area contributed by atoms with Gasteiger partial charge < -0.3 is 4.90 Å². The topological polar surface area (TPSA) is 3.24 Å². The Morgan fingerprint density at radius 3 is 2.39 bits per heavy atom. The van der Waals surface area contributed by atoms with Crippen molar-refractivity contribution in [3.05, 3.63) is 71.8 Å². The minimum atomic E-state index is 0.603. The van der Waals surface area contributed by atoms with Gasteiger partial charge in [0.15, 0.2) is 0 Å². The molecule has 2 aromatic carbocycles. The minimum Gasteiger partial charge on any atom is -0.349 e. The number of benzene rings is 1. The zero-order valence-corrected chi connectivity index (χ0v) is 11.5. The lowest BCUT2D eigenvalue weighted by Gasteiger charge is -2.22. The van der Waals surface area contributed by atoms with E-state index in [-0.39, 0.29) is 0 Å². The molecule has 2 aromatic rings. The van der Waals surface area contributed by atoms with E-state index in [0.717, 1.165) is 18.7 Å². The summed E-state index contributed by atoms with van der Waals surface area (Å²) in [5.74, 6) is 0. The van der Waals surface area contributed by atoms with Gasteiger partial charge in [0.05, 0.1) is 0 Å². The van der Waals surface area contributed by atoms with E-state index < -0.39 is 0 Å². The van der Waals surface area contributed by atoms with Crippen molar-refractivity contribution in [3.63, 3.8) is 0 Å². The van der Waals surface area contributed by atoms with Crippen LogP contribution in [0.1, 0.15) is 11.1 Å². The molecule has 0 atom stereocenters. The van der Waals surface area contributed by atoms with E-state index in [1.165, 1.54) is 5.56 Å². The lowest BCUT2D eigenvalue weighted by molar-refractivity contribution is 0.422. The van der Waals surface area contributed by atoms with Crippen molar-refractivity contribution in [1.29, 1.82) is 0 Å². The van der Waals surface area contributed by atoms with Gasteiger partial charge in [-0.3, -0.25) is 0 Å². The first-order valence-electron chi connectivity index (χ1n) is 5.64. The summed E-state index contributed by atoms with van der Waals surface area (Å²) in [6.07, 6.45) is 0. The van der Waals surface area contributed by atoms with Gasteiger partial charge in [-0.15, -0.1) is 12.6 Å². The van der Waals surface area contributed by atoms with Crippen molar-refractivity contribution >= 4 is 29.2 Å². The minimum absolute atomic E-state index is 0.603. The maximum Gasteiger partial charge on any atom is 0.133 e. The molecule has 0 bridgehead atoms. The van der Waals surface area contributed by atoms with Crippen molar-refractivity contribution in [2.24, 2.45) is 0 Å². The molecular weight excluding hydrogens is 258 g/mol. The van der Waals surface area contributed by atoms with Crippen LogP contribution >= 0.6 is 24.8 Å². The maximum absolute atomic E-state index is 5.19. The Morgan fingerprint density at radius 2 is 1.78 bits per heavy atom. The molecule has 3 heteroatoms. The predicted octanol–water partition coefficient (Wildman–Crippen LogP) is 3.50. The number of nitrogens with zero attached hydrogens (tertiary/aromatic N) is 1. The van der Waals surface area contributed by atoms with Gasteiger partial charge in [0.2, 0.25) is 0 Å². The van der Waals surface area contributed by atoms with Crippen molar-refractivity contribution in [2.75, 3.05) is 0 Å². The molecule has 0 aliphatic heterocycles. The average Bonchev–Trinajstić information content (AvgIpc) is 2.40. The van der Waals surface area contributed by atoms with Crippen LogP contribution in [0.2, 0.25) is 0 Å². The number of rotatable bonds is 4. The molecule has 0 aromatic heterocycles. The molecule has 0 aliphatic carbocycles. The van der Waals surface area contributed by atoms with Gasteiger partial charge in [-0.05, 0) is 29.3 Å². The van der Waals surface area contributed by atoms with Crippen LogP contribution in [-0.2, 0) is 13.1 Å². The third kappa shape index (κ3) is 3.76. The van der Waals surface area contributed by atoms with Crippen LogP contribution in [0.15, 0.2) is 48.5 Å². The van der Waals surface area contributed by atoms with Crippen molar-refractivity contribution in [1.82, 2.24) is 4.90 Å². The molecule has 0 saturated carbocycles. The van der Waals surface area contributed by atoms with Crippen LogP contribution in [0.25, 0.3) is 0 Å². The Balaban J connectivity index is 2.08. The Hall–Kier alpha value is -1.50. The first kappa shape index (κ1) is 12.9. The molecule has 0 radical (unpaired) electrons. The highest BCUT2D eigenvalue weighted by Gasteiger charge is 2.07. The van der Waals surface area contributed by atoms with Crippen molar-refractivity contribution in [2.45, 2.75) is 13.1 Å². The lowest BCUT2D eigenvalue weighted by Crippen LogP contribution is -2.24. The van der Waals surface area contributed by atoms with E-state index in [4.69, 9.17) is 12.2 Å². The van der Waals surface area contributed by atoms with Gasteiger partial charge in [0.25, 0.3) is 0 Å². The first-order chi connectivity index (χ1) is 8.75. The van der Waals surface area contributed by atoms with Crippen LogP contribution in [0.4, 0.5) is 0 Å². The second kappa shape index (κ2) is 6.44. The SMILES string of the molecule is S=C(S)N(Cc1cc#ccc1)Cc1ccccc1. The summed E-state index contributed by atoms with van der Waals surface area (Å²) in [6, 6.07) is 21.9. The molecule has 18 heavy (non-hydrogen) atoms. The summed E-state index contributed by atoms with van der Waals surface area (Å²) in [4.78, 5) is 2.05. The molecule has 2 rings (SSSR count). The van der Waals surface area contributed by atoms with Crippen molar-refractivity contribution in [3.8, 4) is 0 Å². The van der Waals surface area contributed by atoms with Crippen molar-refractivity contribution < 1.29 is 0 Å². The Bertz CT molecular complexity index is 455. The second-order valence-electron chi connectivity index (χ2n) is 3.97. The zero-order valence-electron chi connectivity index (χ0n) is 9.84. The summed E-state index contributed by atoms with van der Waals surface area (Å²) in [5.41, 5.74) is 2.38. The molecule has 0 spiro atoms. The number of thiocarbonyl (C=S) groups is 1. The van der Waals surface area contributed by atoms with Crippen LogP contribution in [0.5, 0.6) is 0 Å². The van der Waals surface area contributed by atoms with Gasteiger partial charge in [-0.25, -0.2) is 0 Å². The van der Waals surface area contributed by atoms with E-state index in [1.54, 1.807) is 0 Å². The number of hydrogen-bond acceptors (Lipinski definition) is 1. The molecule has 0 amide bonds. The fourth-order valence-electron chi connectivity index (χ4n) is 1.69. The summed E-state index contributed by atoms with van der Waals surface area (Å²) in [7, 11) is 0. The third-order valence-electron chi connectivity index (χ3n) is 2.58. The highest BCUT2D eigenvalue weighted by molar-refractivity contribution is 8.10. The quantitative estimate of drug-likeness (QED) is 0.669. The largest absolute Gasteiger partial charge is 0.349 e. The Labute approximate surface area is 119 Å². The van der Waals surface area contributed by atoms with Gasteiger partial charge in [-0.2, -0.15) is 0 Å². The van der Waals surface area contributed by atoms with Crippen LogP contribution < -0.4 is 0 Å². The summed E-state index contributed by atoms with van der Waals surface area (Å²) < 4.78 is 0.603. The molecule has 0 unspecified atom stereocenters. The van der Waals surface area contributed by atoms with E-state index in [1.807, 2.05) is 36.4 Å². The molecule has 0 N–H and O–H groups in total. The van der Waals surface area contributed by atoms with E-state index in [2.05, 4.69) is 41.8 Å².